The summed E-state index contributed by atoms with van der Waals surface area (Å²) in [5, 5.41) is 0. The molecule has 0 atom stereocenters. The van der Waals surface area contributed by atoms with Gasteiger partial charge < -0.3 is 0 Å². The number of hydrogen-bond acceptors (Lipinski definition) is 0. The van der Waals surface area contributed by atoms with Crippen LogP contribution in [0.25, 0.3) is 0 Å². The Labute approximate surface area is 173 Å². The van der Waals surface area contributed by atoms with Crippen LogP contribution in [0.2, 0.25) is 0 Å². The summed E-state index contributed by atoms with van der Waals surface area (Å²) >= 11 is 0. The first-order valence-electron chi connectivity index (χ1n) is 13.4. The number of rotatable bonds is 20. The SMILES string of the molecule is CCCCCCCCCCC(CCCCCCCCCC)CC1CCCC1. The molecule has 0 unspecified atom stereocenters. The average molecular weight is 379 g/mol. The van der Waals surface area contributed by atoms with Gasteiger partial charge in [0.2, 0.25) is 0 Å². The summed E-state index contributed by atoms with van der Waals surface area (Å²) in [5.74, 6) is 2.16. The smallest absolute Gasteiger partial charge is 0.0412 e. The zero-order chi connectivity index (χ0) is 19.4. The van der Waals surface area contributed by atoms with Gasteiger partial charge in [-0.1, -0.05) is 155 Å². The Bertz CT molecular complexity index is 256. The van der Waals surface area contributed by atoms with Crippen molar-refractivity contribution in [3.63, 3.8) is 0 Å². The lowest BCUT2D eigenvalue weighted by Gasteiger charge is -2.21. The zero-order valence-electron chi connectivity index (χ0n) is 19.4. The van der Waals surface area contributed by atoms with Crippen molar-refractivity contribution in [2.45, 2.75) is 162 Å². The second-order valence-corrected chi connectivity index (χ2v) is 9.78. The highest BCUT2D eigenvalue weighted by molar-refractivity contribution is 4.72. The molecule has 0 spiro atoms. The van der Waals surface area contributed by atoms with Gasteiger partial charge in [0, 0.05) is 0 Å². The highest BCUT2D eigenvalue weighted by Crippen LogP contribution is 2.34. The lowest BCUT2D eigenvalue weighted by molar-refractivity contribution is 0.318. The van der Waals surface area contributed by atoms with Crippen LogP contribution in [0.5, 0.6) is 0 Å². The van der Waals surface area contributed by atoms with Gasteiger partial charge in [0.15, 0.2) is 0 Å². The highest BCUT2D eigenvalue weighted by atomic mass is 14.3. The first-order valence-corrected chi connectivity index (χ1v) is 13.4. The molecule has 0 heteroatoms. The van der Waals surface area contributed by atoms with Gasteiger partial charge in [0.1, 0.15) is 0 Å². The maximum absolute atomic E-state index is 2.32. The third-order valence-corrected chi connectivity index (χ3v) is 7.07. The van der Waals surface area contributed by atoms with Gasteiger partial charge in [-0.15, -0.1) is 0 Å². The van der Waals surface area contributed by atoms with E-state index < -0.39 is 0 Å². The van der Waals surface area contributed by atoms with E-state index in [9.17, 15) is 0 Å². The van der Waals surface area contributed by atoms with Gasteiger partial charge in [0.05, 0.1) is 0 Å². The molecule has 1 rings (SSSR count). The van der Waals surface area contributed by atoms with Crippen molar-refractivity contribution in [1.82, 2.24) is 0 Å². The van der Waals surface area contributed by atoms with E-state index in [1.54, 1.807) is 32.1 Å². The minimum absolute atomic E-state index is 1.06. The molecule has 0 N–H and O–H groups in total. The Morgan fingerprint density at radius 2 is 0.889 bits per heavy atom. The van der Waals surface area contributed by atoms with Crippen molar-refractivity contribution in [1.29, 1.82) is 0 Å². The lowest BCUT2D eigenvalue weighted by atomic mass is 9.85. The van der Waals surface area contributed by atoms with E-state index in [2.05, 4.69) is 13.8 Å². The minimum Gasteiger partial charge on any atom is -0.0654 e. The topological polar surface area (TPSA) is 0 Å². The van der Waals surface area contributed by atoms with Gasteiger partial charge in [-0.2, -0.15) is 0 Å². The molecule has 0 amide bonds. The zero-order valence-corrected chi connectivity index (χ0v) is 19.4. The van der Waals surface area contributed by atoms with Crippen molar-refractivity contribution >= 4 is 0 Å². The lowest BCUT2D eigenvalue weighted by Crippen LogP contribution is -2.07. The molecular formula is C27H54. The van der Waals surface area contributed by atoms with Crippen LogP contribution in [0.15, 0.2) is 0 Å². The van der Waals surface area contributed by atoms with Crippen molar-refractivity contribution < 1.29 is 0 Å². The molecule has 0 heterocycles. The molecule has 0 aliphatic heterocycles. The number of hydrogen-bond donors (Lipinski definition) is 0. The van der Waals surface area contributed by atoms with E-state index in [-0.39, 0.29) is 0 Å². The number of unbranched alkanes of at least 4 members (excludes halogenated alkanes) is 14. The fraction of sp³-hybridized carbons (Fsp3) is 1.00. The van der Waals surface area contributed by atoms with Gasteiger partial charge in [-0.25, -0.2) is 0 Å². The molecule has 1 aliphatic carbocycles. The molecule has 0 bridgehead atoms. The first kappa shape index (κ1) is 25.0. The van der Waals surface area contributed by atoms with Crippen molar-refractivity contribution in [3.05, 3.63) is 0 Å². The largest absolute Gasteiger partial charge is 0.0654 e. The molecule has 0 aromatic rings. The molecule has 162 valence electrons. The maximum atomic E-state index is 2.32. The van der Waals surface area contributed by atoms with E-state index in [1.165, 1.54) is 116 Å². The van der Waals surface area contributed by atoms with E-state index in [1.807, 2.05) is 0 Å². The molecule has 1 aliphatic rings. The molecule has 0 radical (unpaired) electrons. The van der Waals surface area contributed by atoms with Crippen LogP contribution in [0, 0.1) is 11.8 Å². The monoisotopic (exact) mass is 378 g/mol. The minimum atomic E-state index is 1.06. The quantitative estimate of drug-likeness (QED) is 0.185. The summed E-state index contributed by atoms with van der Waals surface area (Å²) in [4.78, 5) is 0. The molecule has 1 fully saturated rings. The van der Waals surface area contributed by atoms with E-state index >= 15 is 0 Å². The molecule has 0 aromatic heterocycles. The van der Waals surface area contributed by atoms with Crippen LogP contribution >= 0.6 is 0 Å². The predicted molar refractivity (Wildman–Crippen MR) is 125 cm³/mol. The molecule has 1 saturated carbocycles. The van der Waals surface area contributed by atoms with Crippen molar-refractivity contribution in [3.8, 4) is 0 Å². The Morgan fingerprint density at radius 1 is 0.519 bits per heavy atom. The summed E-state index contributed by atoms with van der Waals surface area (Å²) in [7, 11) is 0. The maximum Gasteiger partial charge on any atom is -0.0412 e. The van der Waals surface area contributed by atoms with Crippen LogP contribution in [-0.2, 0) is 0 Å². The van der Waals surface area contributed by atoms with Crippen LogP contribution in [-0.4, -0.2) is 0 Å². The summed E-state index contributed by atoms with van der Waals surface area (Å²) in [5.41, 5.74) is 0. The third kappa shape index (κ3) is 15.6. The van der Waals surface area contributed by atoms with E-state index in [4.69, 9.17) is 0 Å². The molecule has 27 heavy (non-hydrogen) atoms. The average Bonchev–Trinajstić information content (AvgIpc) is 3.18. The van der Waals surface area contributed by atoms with Gasteiger partial charge in [0.25, 0.3) is 0 Å². The van der Waals surface area contributed by atoms with Crippen molar-refractivity contribution in [2.75, 3.05) is 0 Å². The second kappa shape index (κ2) is 19.3. The first-order chi connectivity index (χ1) is 13.4. The van der Waals surface area contributed by atoms with Crippen LogP contribution in [0.4, 0.5) is 0 Å². The molecule has 0 aromatic carbocycles. The normalized spacial score (nSPS) is 15.2. The van der Waals surface area contributed by atoms with Gasteiger partial charge >= 0.3 is 0 Å². The van der Waals surface area contributed by atoms with E-state index in [0.29, 0.717) is 0 Å². The van der Waals surface area contributed by atoms with Crippen LogP contribution in [0.1, 0.15) is 162 Å². The molecule has 0 saturated heterocycles. The Balaban J connectivity index is 2.06. The van der Waals surface area contributed by atoms with Crippen molar-refractivity contribution in [2.24, 2.45) is 11.8 Å². The Morgan fingerprint density at radius 3 is 1.30 bits per heavy atom. The van der Waals surface area contributed by atoms with Gasteiger partial charge in [-0.05, 0) is 18.3 Å². The standard InChI is InChI=1S/C27H54/c1-3-5-7-9-11-13-15-17-21-26(25-27-23-19-20-24-27)22-18-16-14-12-10-8-6-4-2/h26-27H,3-25H2,1-2H3. The summed E-state index contributed by atoms with van der Waals surface area (Å²) in [6.07, 6.45) is 34.4. The van der Waals surface area contributed by atoms with Gasteiger partial charge in [-0.3, -0.25) is 0 Å². The van der Waals surface area contributed by atoms with Crippen LogP contribution < -0.4 is 0 Å². The Kier molecular flexibility index (Phi) is 17.9. The van der Waals surface area contributed by atoms with E-state index in [0.717, 1.165) is 11.8 Å². The van der Waals surface area contributed by atoms with Crippen LogP contribution in [0.3, 0.4) is 0 Å². The summed E-state index contributed by atoms with van der Waals surface area (Å²) in [6, 6.07) is 0. The third-order valence-electron chi connectivity index (χ3n) is 7.07. The molecular weight excluding hydrogens is 324 g/mol. The molecule has 0 nitrogen and oxygen atoms in total. The second-order valence-electron chi connectivity index (χ2n) is 9.78. The summed E-state index contributed by atoms with van der Waals surface area (Å²) in [6.45, 7) is 4.63. The fourth-order valence-electron chi connectivity index (χ4n) is 5.23. The highest BCUT2D eigenvalue weighted by Gasteiger charge is 2.19. The summed E-state index contributed by atoms with van der Waals surface area (Å²) < 4.78 is 0. The predicted octanol–water partition coefficient (Wildman–Crippen LogP) is 10.2. The Hall–Kier alpha value is 0. The fourth-order valence-corrected chi connectivity index (χ4v) is 5.23.